The average molecular weight is 440 g/mol. The van der Waals surface area contributed by atoms with Crippen molar-refractivity contribution in [1.29, 1.82) is 0 Å². The van der Waals surface area contributed by atoms with Crippen LogP contribution in [0.2, 0.25) is 10.0 Å². The molecule has 4 aromatic rings. The van der Waals surface area contributed by atoms with Gasteiger partial charge in [-0.25, -0.2) is 0 Å². The summed E-state index contributed by atoms with van der Waals surface area (Å²) in [5.41, 5.74) is 3.19. The first-order valence-electron chi connectivity index (χ1n) is 10.3. The van der Waals surface area contributed by atoms with Gasteiger partial charge >= 0.3 is 0 Å². The summed E-state index contributed by atoms with van der Waals surface area (Å²) in [6, 6.07) is 16.4. The van der Waals surface area contributed by atoms with E-state index in [1.54, 1.807) is 6.07 Å². The molecule has 1 saturated heterocycles. The number of nitrogens with zero attached hydrogens (tertiary/aromatic N) is 3. The normalized spacial score (nSPS) is 15.8. The lowest BCUT2D eigenvalue weighted by atomic mass is 9.90. The zero-order valence-corrected chi connectivity index (χ0v) is 18.0. The molecule has 0 saturated carbocycles. The number of rotatable bonds is 5. The minimum absolute atomic E-state index is 0.606. The number of piperidine rings is 1. The number of hydrogen-bond acceptors (Lipinski definition) is 3. The van der Waals surface area contributed by atoms with Gasteiger partial charge < -0.3 is 9.97 Å². The molecule has 3 heterocycles. The summed E-state index contributed by atoms with van der Waals surface area (Å²) in [4.78, 5) is 9.13. The minimum Gasteiger partial charge on any atom is -0.352 e. The van der Waals surface area contributed by atoms with E-state index in [0.717, 1.165) is 48.0 Å². The van der Waals surface area contributed by atoms with Crippen LogP contribution in [-0.2, 0) is 13.0 Å². The van der Waals surface area contributed by atoms with Crippen LogP contribution >= 0.6 is 23.2 Å². The molecule has 0 amide bonds. The molecular weight excluding hydrogens is 417 g/mol. The van der Waals surface area contributed by atoms with Gasteiger partial charge in [0, 0.05) is 15.9 Å². The number of nitrogens with one attached hydrogen (secondary N) is 2. The molecule has 30 heavy (non-hydrogen) atoms. The number of halogens is 2. The molecule has 1 aliphatic rings. The van der Waals surface area contributed by atoms with Crippen LogP contribution in [0, 0.1) is 5.92 Å². The first-order chi connectivity index (χ1) is 14.6. The highest BCUT2D eigenvalue weighted by Crippen LogP contribution is 2.31. The van der Waals surface area contributed by atoms with E-state index < -0.39 is 0 Å². The summed E-state index contributed by atoms with van der Waals surface area (Å²) in [6.45, 7) is 2.97. The SMILES string of the molecule is Clc1cc(Cl)c2cc(-c3nnc(CN4CCC(Cc5ccccc5)CC4)[nH]3)[nH]c2c1. The van der Waals surface area contributed by atoms with E-state index in [0.29, 0.717) is 15.9 Å². The standard InChI is InChI=1S/C23H23Cl2N5/c24-17-11-19(25)18-13-21(26-20(18)12-17)23-27-22(28-29-23)14-30-8-6-16(7-9-30)10-15-4-2-1-3-5-15/h1-5,11-13,16,26H,6-10,14H2,(H,27,28,29). The highest BCUT2D eigenvalue weighted by atomic mass is 35.5. The van der Waals surface area contributed by atoms with Gasteiger partial charge in [-0.2, -0.15) is 0 Å². The predicted octanol–water partition coefficient (Wildman–Crippen LogP) is 5.71. The second kappa shape index (κ2) is 8.42. The number of hydrogen-bond donors (Lipinski definition) is 2. The summed E-state index contributed by atoms with van der Waals surface area (Å²) in [5.74, 6) is 2.36. The summed E-state index contributed by atoms with van der Waals surface area (Å²) >= 11 is 12.4. The van der Waals surface area contributed by atoms with E-state index in [9.17, 15) is 0 Å². The van der Waals surface area contributed by atoms with Crippen LogP contribution in [0.5, 0.6) is 0 Å². The molecule has 2 aromatic heterocycles. The van der Waals surface area contributed by atoms with Gasteiger partial charge in [-0.3, -0.25) is 4.90 Å². The van der Waals surface area contributed by atoms with Gasteiger partial charge in [-0.15, -0.1) is 10.2 Å². The third-order valence-corrected chi connectivity index (χ3v) is 6.42. The number of likely N-dealkylation sites (tertiary alicyclic amines) is 1. The maximum Gasteiger partial charge on any atom is 0.177 e. The molecule has 154 valence electrons. The topological polar surface area (TPSA) is 60.6 Å². The van der Waals surface area contributed by atoms with Crippen molar-refractivity contribution in [2.75, 3.05) is 13.1 Å². The number of aromatic nitrogens is 4. The van der Waals surface area contributed by atoms with Crippen LogP contribution in [0.1, 0.15) is 24.2 Å². The van der Waals surface area contributed by atoms with E-state index in [4.69, 9.17) is 23.2 Å². The van der Waals surface area contributed by atoms with Crippen molar-refractivity contribution in [2.24, 2.45) is 5.92 Å². The van der Waals surface area contributed by atoms with Crippen LogP contribution in [-0.4, -0.2) is 38.2 Å². The number of benzene rings is 2. The summed E-state index contributed by atoms with van der Waals surface area (Å²) in [7, 11) is 0. The summed E-state index contributed by atoms with van der Waals surface area (Å²) in [5, 5.41) is 10.8. The van der Waals surface area contributed by atoms with E-state index >= 15 is 0 Å². The highest BCUT2D eigenvalue weighted by Gasteiger charge is 2.21. The van der Waals surface area contributed by atoms with Crippen molar-refractivity contribution in [3.63, 3.8) is 0 Å². The van der Waals surface area contributed by atoms with Gasteiger partial charge in [0.25, 0.3) is 0 Å². The maximum atomic E-state index is 6.30. The first-order valence-corrected chi connectivity index (χ1v) is 11.1. The highest BCUT2D eigenvalue weighted by molar-refractivity contribution is 6.38. The second-order valence-electron chi connectivity index (χ2n) is 8.06. The molecule has 5 rings (SSSR count). The Labute approximate surface area is 185 Å². The lowest BCUT2D eigenvalue weighted by Gasteiger charge is -2.31. The van der Waals surface area contributed by atoms with Gasteiger partial charge in [-0.1, -0.05) is 53.5 Å². The van der Waals surface area contributed by atoms with E-state index in [1.165, 1.54) is 24.8 Å². The van der Waals surface area contributed by atoms with Gasteiger partial charge in [0.1, 0.15) is 5.82 Å². The molecule has 1 aliphatic heterocycles. The molecule has 0 unspecified atom stereocenters. The lowest BCUT2D eigenvalue weighted by Crippen LogP contribution is -2.34. The molecule has 1 fully saturated rings. The number of aromatic amines is 2. The van der Waals surface area contributed by atoms with E-state index in [-0.39, 0.29) is 0 Å². The zero-order valence-electron chi connectivity index (χ0n) is 16.5. The van der Waals surface area contributed by atoms with Crippen LogP contribution in [0.15, 0.2) is 48.5 Å². The second-order valence-corrected chi connectivity index (χ2v) is 8.91. The molecule has 2 aromatic carbocycles. The van der Waals surface area contributed by atoms with Crippen molar-refractivity contribution in [2.45, 2.75) is 25.8 Å². The summed E-state index contributed by atoms with van der Waals surface area (Å²) in [6.07, 6.45) is 3.61. The smallest absolute Gasteiger partial charge is 0.177 e. The Balaban J connectivity index is 1.21. The van der Waals surface area contributed by atoms with Crippen molar-refractivity contribution >= 4 is 34.1 Å². The van der Waals surface area contributed by atoms with Crippen LogP contribution in [0.3, 0.4) is 0 Å². The third-order valence-electron chi connectivity index (χ3n) is 5.89. The Morgan fingerprint density at radius 1 is 0.967 bits per heavy atom. The Morgan fingerprint density at radius 3 is 2.57 bits per heavy atom. The van der Waals surface area contributed by atoms with Crippen LogP contribution < -0.4 is 0 Å². The Hall–Kier alpha value is -2.34. The van der Waals surface area contributed by atoms with Crippen molar-refractivity contribution in [1.82, 2.24) is 25.1 Å². The van der Waals surface area contributed by atoms with Crippen molar-refractivity contribution < 1.29 is 0 Å². The molecule has 7 heteroatoms. The van der Waals surface area contributed by atoms with Crippen molar-refractivity contribution in [3.8, 4) is 11.5 Å². The minimum atomic E-state index is 0.606. The van der Waals surface area contributed by atoms with Crippen LogP contribution in [0.25, 0.3) is 22.4 Å². The van der Waals surface area contributed by atoms with E-state index in [1.807, 2.05) is 12.1 Å². The van der Waals surface area contributed by atoms with Gasteiger partial charge in [0.05, 0.1) is 17.3 Å². The summed E-state index contributed by atoms with van der Waals surface area (Å²) < 4.78 is 0. The molecule has 5 nitrogen and oxygen atoms in total. The Bertz CT molecular complexity index is 1140. The fourth-order valence-electron chi connectivity index (χ4n) is 4.29. The molecule has 0 bridgehead atoms. The molecule has 0 atom stereocenters. The quantitative estimate of drug-likeness (QED) is 0.418. The molecule has 0 radical (unpaired) electrons. The third kappa shape index (κ3) is 4.24. The predicted molar refractivity (Wildman–Crippen MR) is 122 cm³/mol. The monoisotopic (exact) mass is 439 g/mol. The molecule has 0 aliphatic carbocycles. The van der Waals surface area contributed by atoms with Gasteiger partial charge in [0.15, 0.2) is 5.82 Å². The van der Waals surface area contributed by atoms with E-state index in [2.05, 4.69) is 55.4 Å². The van der Waals surface area contributed by atoms with Gasteiger partial charge in [0.2, 0.25) is 0 Å². The van der Waals surface area contributed by atoms with Crippen LogP contribution in [0.4, 0.5) is 0 Å². The first kappa shape index (κ1) is 19.6. The zero-order chi connectivity index (χ0) is 20.5. The molecular formula is C23H23Cl2N5. The number of H-pyrrole nitrogens is 2. The molecule has 2 N–H and O–H groups in total. The largest absolute Gasteiger partial charge is 0.352 e. The Kier molecular flexibility index (Phi) is 5.50. The lowest BCUT2D eigenvalue weighted by molar-refractivity contribution is 0.173. The fraction of sp³-hybridized carbons (Fsp3) is 0.304. The average Bonchev–Trinajstić information content (AvgIpc) is 3.37. The van der Waals surface area contributed by atoms with Crippen molar-refractivity contribution in [3.05, 3.63) is 70.0 Å². The maximum absolute atomic E-state index is 6.30. The molecule has 0 spiro atoms. The Morgan fingerprint density at radius 2 is 1.77 bits per heavy atom. The van der Waals surface area contributed by atoms with Gasteiger partial charge in [-0.05, 0) is 62.0 Å². The fourth-order valence-corrected chi connectivity index (χ4v) is 4.83. The number of fused-ring (bicyclic) bond motifs is 1.